The minimum atomic E-state index is -4.00. The van der Waals surface area contributed by atoms with Gasteiger partial charge in [0.25, 0.3) is 15.9 Å². The molecule has 0 aromatic heterocycles. The van der Waals surface area contributed by atoms with Crippen LogP contribution in [0.5, 0.6) is 5.75 Å². The monoisotopic (exact) mass is 426 g/mol. The van der Waals surface area contributed by atoms with Gasteiger partial charge in [-0.3, -0.25) is 10.2 Å². The SMILES string of the molecule is CCOc1ccc(Br)cc1S(=O)(=O)NNC(=O)c1ccc(C)cc1C. The van der Waals surface area contributed by atoms with Crippen molar-refractivity contribution in [2.24, 2.45) is 0 Å². The Kier molecular flexibility index (Phi) is 6.21. The summed E-state index contributed by atoms with van der Waals surface area (Å²) in [5.74, 6) is -0.326. The highest BCUT2D eigenvalue weighted by molar-refractivity contribution is 9.10. The van der Waals surface area contributed by atoms with Crippen molar-refractivity contribution in [1.29, 1.82) is 0 Å². The van der Waals surface area contributed by atoms with Crippen molar-refractivity contribution in [1.82, 2.24) is 10.3 Å². The smallest absolute Gasteiger partial charge is 0.266 e. The summed E-state index contributed by atoms with van der Waals surface area (Å²) in [6, 6.07) is 9.94. The van der Waals surface area contributed by atoms with Crippen molar-refractivity contribution in [2.75, 3.05) is 6.61 Å². The summed E-state index contributed by atoms with van der Waals surface area (Å²) in [5.41, 5.74) is 4.41. The van der Waals surface area contributed by atoms with E-state index in [1.165, 1.54) is 6.07 Å². The lowest BCUT2D eigenvalue weighted by Crippen LogP contribution is -2.41. The predicted octanol–water partition coefficient (Wildman–Crippen LogP) is 3.09. The average molecular weight is 427 g/mol. The number of hydrogen-bond acceptors (Lipinski definition) is 4. The van der Waals surface area contributed by atoms with Gasteiger partial charge in [0.05, 0.1) is 6.61 Å². The minimum absolute atomic E-state index is 0.0651. The molecular weight excluding hydrogens is 408 g/mol. The van der Waals surface area contributed by atoms with Crippen LogP contribution in [0.3, 0.4) is 0 Å². The van der Waals surface area contributed by atoms with Gasteiger partial charge >= 0.3 is 0 Å². The van der Waals surface area contributed by atoms with E-state index in [0.717, 1.165) is 11.1 Å². The molecule has 2 rings (SSSR count). The molecule has 0 bridgehead atoms. The first-order chi connectivity index (χ1) is 11.7. The van der Waals surface area contributed by atoms with Crippen molar-refractivity contribution in [3.8, 4) is 5.75 Å². The van der Waals surface area contributed by atoms with Gasteiger partial charge in [-0.15, -0.1) is 4.83 Å². The van der Waals surface area contributed by atoms with E-state index in [9.17, 15) is 13.2 Å². The topological polar surface area (TPSA) is 84.5 Å². The van der Waals surface area contributed by atoms with Gasteiger partial charge in [0.15, 0.2) is 0 Å². The van der Waals surface area contributed by atoms with E-state index >= 15 is 0 Å². The number of halogens is 1. The van der Waals surface area contributed by atoms with Crippen LogP contribution in [0.4, 0.5) is 0 Å². The van der Waals surface area contributed by atoms with Gasteiger partial charge in [-0.25, -0.2) is 8.42 Å². The van der Waals surface area contributed by atoms with Crippen molar-refractivity contribution in [3.05, 3.63) is 57.6 Å². The van der Waals surface area contributed by atoms with Gasteiger partial charge in [-0.2, -0.15) is 0 Å². The molecule has 0 fully saturated rings. The molecule has 8 heteroatoms. The second-order valence-corrected chi connectivity index (χ2v) is 7.97. The fourth-order valence-corrected chi connectivity index (χ4v) is 3.79. The fourth-order valence-electron chi connectivity index (χ4n) is 2.27. The average Bonchev–Trinajstić information content (AvgIpc) is 2.54. The Balaban J connectivity index is 2.22. The molecule has 2 aromatic carbocycles. The number of amides is 1. The molecule has 2 N–H and O–H groups in total. The molecule has 0 aliphatic rings. The molecule has 1 amide bonds. The van der Waals surface area contributed by atoms with Gasteiger partial charge in [-0.05, 0) is 50.6 Å². The third-order valence-corrected chi connectivity index (χ3v) is 5.18. The second-order valence-electron chi connectivity index (χ2n) is 5.40. The van der Waals surface area contributed by atoms with Crippen LogP contribution in [0.15, 0.2) is 45.8 Å². The van der Waals surface area contributed by atoms with Gasteiger partial charge in [0.1, 0.15) is 10.6 Å². The zero-order chi connectivity index (χ0) is 18.6. The normalized spacial score (nSPS) is 11.2. The van der Waals surface area contributed by atoms with Gasteiger partial charge in [0.2, 0.25) is 0 Å². The van der Waals surface area contributed by atoms with Crippen LogP contribution < -0.4 is 15.0 Å². The standard InChI is InChI=1S/C17H19BrN2O4S/c1-4-24-15-8-6-13(18)10-16(15)25(22,23)20-19-17(21)14-7-5-11(2)9-12(14)3/h5-10,20H,4H2,1-3H3,(H,19,21). The third-order valence-electron chi connectivity index (χ3n) is 3.42. The molecule has 2 aromatic rings. The van der Waals surface area contributed by atoms with Crippen LogP contribution in [0, 0.1) is 13.8 Å². The van der Waals surface area contributed by atoms with Crippen LogP contribution in [0.1, 0.15) is 28.4 Å². The van der Waals surface area contributed by atoms with Crippen molar-refractivity contribution < 1.29 is 17.9 Å². The highest BCUT2D eigenvalue weighted by atomic mass is 79.9. The zero-order valence-electron chi connectivity index (χ0n) is 14.1. The molecule has 0 radical (unpaired) electrons. The number of benzene rings is 2. The predicted molar refractivity (Wildman–Crippen MR) is 99.0 cm³/mol. The molecule has 134 valence electrons. The summed E-state index contributed by atoms with van der Waals surface area (Å²) in [4.78, 5) is 14.3. The Hall–Kier alpha value is -1.90. The van der Waals surface area contributed by atoms with Crippen molar-refractivity contribution in [3.63, 3.8) is 0 Å². The maximum atomic E-state index is 12.5. The minimum Gasteiger partial charge on any atom is -0.492 e. The lowest BCUT2D eigenvalue weighted by atomic mass is 10.1. The zero-order valence-corrected chi connectivity index (χ0v) is 16.5. The van der Waals surface area contributed by atoms with Gasteiger partial charge in [0, 0.05) is 10.0 Å². The van der Waals surface area contributed by atoms with Gasteiger partial charge < -0.3 is 4.74 Å². The molecular formula is C17H19BrN2O4S. The summed E-state index contributed by atoms with van der Waals surface area (Å²) in [5, 5.41) is 0. The molecule has 6 nitrogen and oxygen atoms in total. The lowest BCUT2D eigenvalue weighted by molar-refractivity contribution is 0.0944. The number of nitrogens with one attached hydrogen (secondary N) is 2. The number of hydrogen-bond donors (Lipinski definition) is 2. The molecule has 0 unspecified atom stereocenters. The number of carbonyl (C=O) groups excluding carboxylic acids is 1. The first-order valence-electron chi connectivity index (χ1n) is 7.56. The third kappa shape index (κ3) is 4.81. The Bertz CT molecular complexity index is 898. The molecule has 25 heavy (non-hydrogen) atoms. The number of sulfonamides is 1. The highest BCUT2D eigenvalue weighted by Gasteiger charge is 2.21. The summed E-state index contributed by atoms with van der Waals surface area (Å²) in [6.07, 6.45) is 0. The Labute approximate surface area is 155 Å². The number of rotatable bonds is 6. The molecule has 0 heterocycles. The van der Waals surface area contributed by atoms with Crippen LogP contribution in [0.25, 0.3) is 0 Å². The van der Waals surface area contributed by atoms with Crippen molar-refractivity contribution >= 4 is 31.9 Å². The number of carbonyl (C=O) groups is 1. The van der Waals surface area contributed by atoms with Crippen LogP contribution in [-0.2, 0) is 10.0 Å². The van der Waals surface area contributed by atoms with E-state index in [-0.39, 0.29) is 10.6 Å². The number of ether oxygens (including phenoxy) is 1. The molecule has 0 spiro atoms. The molecule has 0 aliphatic heterocycles. The lowest BCUT2D eigenvalue weighted by Gasteiger charge is -2.13. The summed E-state index contributed by atoms with van der Waals surface area (Å²) < 4.78 is 31.0. The van der Waals surface area contributed by atoms with E-state index < -0.39 is 15.9 Å². The molecule has 0 atom stereocenters. The molecule has 0 aliphatic carbocycles. The van der Waals surface area contributed by atoms with Gasteiger partial charge in [-0.1, -0.05) is 33.6 Å². The fraction of sp³-hybridized carbons (Fsp3) is 0.235. The summed E-state index contributed by atoms with van der Waals surface area (Å²) >= 11 is 3.24. The van der Waals surface area contributed by atoms with Crippen molar-refractivity contribution in [2.45, 2.75) is 25.7 Å². The largest absolute Gasteiger partial charge is 0.492 e. The second kappa shape index (κ2) is 7.99. The summed E-state index contributed by atoms with van der Waals surface area (Å²) in [7, 11) is -4.00. The van der Waals surface area contributed by atoms with E-state index in [1.807, 2.05) is 13.0 Å². The van der Waals surface area contributed by atoms with E-state index in [4.69, 9.17) is 4.74 Å². The maximum Gasteiger partial charge on any atom is 0.266 e. The van der Waals surface area contributed by atoms with E-state index in [1.54, 1.807) is 38.1 Å². The first kappa shape index (κ1) is 19.4. The van der Waals surface area contributed by atoms with Crippen LogP contribution >= 0.6 is 15.9 Å². The summed E-state index contributed by atoms with van der Waals surface area (Å²) in [6.45, 7) is 5.78. The first-order valence-corrected chi connectivity index (χ1v) is 9.84. The van der Waals surface area contributed by atoms with Crippen LogP contribution in [0.2, 0.25) is 0 Å². The number of hydrazine groups is 1. The quantitative estimate of drug-likeness (QED) is 0.694. The van der Waals surface area contributed by atoms with E-state index in [0.29, 0.717) is 16.6 Å². The van der Waals surface area contributed by atoms with Crippen LogP contribution in [-0.4, -0.2) is 20.9 Å². The molecule has 0 saturated carbocycles. The highest BCUT2D eigenvalue weighted by Crippen LogP contribution is 2.27. The Morgan fingerprint density at radius 2 is 1.88 bits per heavy atom. The maximum absolute atomic E-state index is 12.5. The molecule has 0 saturated heterocycles. The van der Waals surface area contributed by atoms with E-state index in [2.05, 4.69) is 26.2 Å². The Morgan fingerprint density at radius 3 is 2.52 bits per heavy atom. The number of aryl methyl sites for hydroxylation is 2. The Morgan fingerprint density at radius 1 is 1.16 bits per heavy atom.